The average Bonchev–Trinajstić information content (AvgIpc) is 3.86. The molecule has 8 rings (SSSR count). The van der Waals surface area contributed by atoms with Crippen LogP contribution in [-0.4, -0.2) is 8.07 Å². The van der Waals surface area contributed by atoms with Crippen LogP contribution in [0.4, 0.5) is 0 Å². The van der Waals surface area contributed by atoms with Gasteiger partial charge in [-0.2, -0.15) is 0 Å². The molecule has 0 nitrogen and oxygen atoms in total. The number of hydrogen-bond donors (Lipinski definition) is 0. The smallest absolute Gasteiger partial charge is 0.0654 e. The highest BCUT2D eigenvalue weighted by atomic mass is 28.3. The maximum absolute atomic E-state index is 2.67. The van der Waals surface area contributed by atoms with Gasteiger partial charge in [-0.3, -0.25) is 0 Å². The Balaban J connectivity index is 1.28. The van der Waals surface area contributed by atoms with Crippen LogP contribution in [0, 0.1) is 0 Å². The Bertz CT molecular complexity index is 2190. The van der Waals surface area contributed by atoms with Gasteiger partial charge in [0.2, 0.25) is 0 Å². The predicted octanol–water partition coefficient (Wildman–Crippen LogP) is 15.7. The lowest BCUT2D eigenvalue weighted by Crippen LogP contribution is -2.31. The summed E-state index contributed by atoms with van der Waals surface area (Å²) in [4.78, 5) is 0. The molecule has 1 heteroatoms. The van der Waals surface area contributed by atoms with Crippen LogP contribution in [0.25, 0.3) is 43.8 Å². The fraction of sp³-hybridized carbons (Fsp3) is 0.286. The van der Waals surface area contributed by atoms with Gasteiger partial charge in [-0.1, -0.05) is 211 Å². The maximum atomic E-state index is 2.67. The van der Waals surface area contributed by atoms with Crippen LogP contribution in [0.15, 0.2) is 146 Å². The first kappa shape index (κ1) is 38.9. The van der Waals surface area contributed by atoms with Gasteiger partial charge in [-0.25, -0.2) is 0 Å². The molecule has 288 valence electrons. The molecule has 0 radical (unpaired) electrons. The second-order valence-corrected chi connectivity index (χ2v) is 21.4. The summed E-state index contributed by atoms with van der Waals surface area (Å²) < 4.78 is 0. The van der Waals surface area contributed by atoms with Gasteiger partial charge in [0.15, 0.2) is 0 Å². The Labute approximate surface area is 344 Å². The number of benzene rings is 6. The van der Waals surface area contributed by atoms with Crippen molar-refractivity contribution < 1.29 is 0 Å². The lowest BCUT2D eigenvalue weighted by atomic mass is 9.95. The Morgan fingerprint density at radius 2 is 0.789 bits per heavy atom. The molecule has 0 N–H and O–H groups in total. The van der Waals surface area contributed by atoms with E-state index in [2.05, 4.69) is 173 Å². The molecule has 57 heavy (non-hydrogen) atoms. The van der Waals surface area contributed by atoms with Crippen LogP contribution < -0.4 is 0 Å². The Kier molecular flexibility index (Phi) is 12.0. The van der Waals surface area contributed by atoms with E-state index in [9.17, 15) is 0 Å². The average molecular weight is 761 g/mol. The van der Waals surface area contributed by atoms with Crippen molar-refractivity contribution in [2.24, 2.45) is 0 Å². The minimum atomic E-state index is -2.47. The van der Waals surface area contributed by atoms with Crippen LogP contribution in [0.2, 0.25) is 13.1 Å². The van der Waals surface area contributed by atoms with Gasteiger partial charge >= 0.3 is 0 Å². The van der Waals surface area contributed by atoms with E-state index in [0.29, 0.717) is 0 Å². The monoisotopic (exact) mass is 760 g/mol. The van der Waals surface area contributed by atoms with E-state index in [1.807, 2.05) is 0 Å². The topological polar surface area (TPSA) is 0 Å². The van der Waals surface area contributed by atoms with E-state index in [4.69, 9.17) is 0 Å². The lowest BCUT2D eigenvalue weighted by Gasteiger charge is -2.33. The molecule has 0 atom stereocenters. The first-order chi connectivity index (χ1) is 28.0. The van der Waals surface area contributed by atoms with Crippen molar-refractivity contribution in [3.05, 3.63) is 190 Å². The van der Waals surface area contributed by atoms with Gasteiger partial charge in [0.05, 0.1) is 0 Å². The van der Waals surface area contributed by atoms with Crippen molar-refractivity contribution in [2.45, 2.75) is 104 Å². The molecule has 0 bridgehead atoms. The molecule has 0 spiro atoms. The summed E-state index contributed by atoms with van der Waals surface area (Å²) >= 11 is 0. The summed E-state index contributed by atoms with van der Waals surface area (Å²) in [5.41, 5.74) is 20.0. The minimum Gasteiger partial charge on any atom is -0.0654 e. The maximum Gasteiger partial charge on any atom is 0.114 e. The van der Waals surface area contributed by atoms with Crippen molar-refractivity contribution in [1.29, 1.82) is 0 Å². The predicted molar refractivity (Wildman–Crippen MR) is 251 cm³/mol. The second kappa shape index (κ2) is 17.7. The molecule has 0 amide bonds. The molecule has 2 aliphatic carbocycles. The summed E-state index contributed by atoms with van der Waals surface area (Å²) in [6, 6.07) is 56.1. The van der Waals surface area contributed by atoms with Crippen LogP contribution in [-0.2, 0) is 25.7 Å². The summed E-state index contributed by atoms with van der Waals surface area (Å²) in [7, 11) is -2.47. The highest BCUT2D eigenvalue weighted by Gasteiger charge is 2.44. The molecule has 2 aliphatic rings. The molecule has 0 fully saturated rings. The lowest BCUT2D eigenvalue weighted by molar-refractivity contribution is 0.667. The molecule has 0 aliphatic heterocycles. The molecule has 6 aromatic rings. The number of unbranched alkanes of at least 4 members (excludes halogenated alkanes) is 6. The highest BCUT2D eigenvalue weighted by molar-refractivity contribution is 7.10. The molecule has 0 saturated carbocycles. The van der Waals surface area contributed by atoms with E-state index in [-0.39, 0.29) is 0 Å². The van der Waals surface area contributed by atoms with Crippen LogP contribution in [0.3, 0.4) is 0 Å². The Morgan fingerprint density at radius 3 is 1.18 bits per heavy atom. The van der Waals surface area contributed by atoms with E-state index in [1.165, 1.54) is 129 Å². The van der Waals surface area contributed by atoms with Gasteiger partial charge in [0.1, 0.15) is 8.07 Å². The summed E-state index contributed by atoms with van der Waals surface area (Å²) in [6.07, 6.45) is 14.6. The third-order valence-corrected chi connectivity index (χ3v) is 16.4. The number of allylic oxidation sites excluding steroid dienone is 2. The molecular weight excluding hydrogens is 701 g/mol. The summed E-state index contributed by atoms with van der Waals surface area (Å²) in [5.74, 6) is 0. The second-order valence-electron chi connectivity index (χ2n) is 17.1. The van der Waals surface area contributed by atoms with Crippen LogP contribution >= 0.6 is 0 Å². The fourth-order valence-corrected chi connectivity index (χ4v) is 14.0. The molecule has 0 heterocycles. The summed E-state index contributed by atoms with van der Waals surface area (Å²) in [5, 5.41) is 3.22. The summed E-state index contributed by atoms with van der Waals surface area (Å²) in [6.45, 7) is 9.92. The standard InChI is InChI=1S/C56H60Si/c1-5-7-9-13-21-41-31-35-45(36-32-41)49-29-19-27-47-39-51(43-23-15-11-16-24-43)55(53(47)49)57(3,4)56-52(44-25-17-12-18-26-44)40-48-28-20-30-50(54(48)56)46-37-33-42(34-38-46)22-14-10-8-6-2/h11-12,15-20,23-38H,5-10,13-14,21-22,39-40H2,1-4H3. The van der Waals surface area contributed by atoms with Gasteiger partial charge in [0, 0.05) is 0 Å². The third-order valence-electron chi connectivity index (χ3n) is 12.8. The highest BCUT2D eigenvalue weighted by Crippen LogP contribution is 2.55. The van der Waals surface area contributed by atoms with E-state index in [0.717, 1.165) is 25.7 Å². The van der Waals surface area contributed by atoms with E-state index >= 15 is 0 Å². The number of aryl methyl sites for hydroxylation is 2. The van der Waals surface area contributed by atoms with Crippen molar-refractivity contribution >= 4 is 29.6 Å². The van der Waals surface area contributed by atoms with Gasteiger partial charge < -0.3 is 0 Å². The van der Waals surface area contributed by atoms with Crippen molar-refractivity contribution in [2.75, 3.05) is 0 Å². The quantitative estimate of drug-likeness (QED) is 0.0681. The van der Waals surface area contributed by atoms with Gasteiger partial charge in [0.25, 0.3) is 0 Å². The van der Waals surface area contributed by atoms with Gasteiger partial charge in [-0.05, 0) is 127 Å². The zero-order valence-corrected chi connectivity index (χ0v) is 35.8. The SMILES string of the molecule is CCCCCCc1ccc(-c2cccc3c2C([Si](C)(C)C2=C(c4ccccc4)Cc4cccc(-c5ccc(CCCCCC)cc5)c42)=C(c2ccccc2)C3)cc1. The van der Waals surface area contributed by atoms with E-state index in [1.54, 1.807) is 10.4 Å². The zero-order chi connectivity index (χ0) is 39.2. The number of rotatable bonds is 16. The normalized spacial score (nSPS) is 13.7. The number of hydrogen-bond acceptors (Lipinski definition) is 0. The molecule has 0 saturated heterocycles. The van der Waals surface area contributed by atoms with Crippen molar-refractivity contribution in [1.82, 2.24) is 0 Å². The van der Waals surface area contributed by atoms with Crippen molar-refractivity contribution in [3.63, 3.8) is 0 Å². The van der Waals surface area contributed by atoms with E-state index < -0.39 is 8.07 Å². The third kappa shape index (κ3) is 8.10. The van der Waals surface area contributed by atoms with Crippen molar-refractivity contribution in [3.8, 4) is 22.3 Å². The minimum absolute atomic E-state index is 0.969. The van der Waals surface area contributed by atoms with Gasteiger partial charge in [-0.15, -0.1) is 0 Å². The Morgan fingerprint density at radius 1 is 0.386 bits per heavy atom. The Hall–Kier alpha value is -4.98. The molecule has 0 unspecified atom stereocenters. The van der Waals surface area contributed by atoms with Crippen LogP contribution in [0.5, 0.6) is 0 Å². The number of fused-ring (bicyclic) bond motifs is 2. The first-order valence-electron chi connectivity index (χ1n) is 22.0. The molecular formula is C56H60Si. The largest absolute Gasteiger partial charge is 0.114 e. The van der Waals surface area contributed by atoms with Crippen LogP contribution in [0.1, 0.15) is 110 Å². The molecule has 6 aromatic carbocycles. The zero-order valence-electron chi connectivity index (χ0n) is 34.8. The first-order valence-corrected chi connectivity index (χ1v) is 25.0. The molecule has 0 aromatic heterocycles. The fourth-order valence-electron chi connectivity index (χ4n) is 9.92.